The molecule has 0 amide bonds. The number of benzene rings is 3. The molecule has 0 bridgehead atoms. The number of imidazole rings is 1. The number of hydrogen-bond acceptors (Lipinski definition) is 5. The summed E-state index contributed by atoms with van der Waals surface area (Å²) in [4.78, 5) is 21.1. The molecule has 0 aliphatic heterocycles. The number of hydrogen-bond donors (Lipinski definition) is 0. The van der Waals surface area contributed by atoms with E-state index in [1.54, 1.807) is 0 Å². The first-order valence-corrected chi connectivity index (χ1v) is 10.1. The van der Waals surface area contributed by atoms with Crippen molar-refractivity contribution in [1.29, 1.82) is 0 Å². The molecule has 1 atom stereocenters. The van der Waals surface area contributed by atoms with Crippen LogP contribution < -0.4 is 0 Å². The SMILES string of the molecule is CC(=O)OC(Cc1ccccc1)n1c(C)nc2cc(-c3nc4ccccc4o3)ccc21. The summed E-state index contributed by atoms with van der Waals surface area (Å²) in [7, 11) is 0. The van der Waals surface area contributed by atoms with Crippen LogP contribution in [-0.2, 0) is 16.0 Å². The highest BCUT2D eigenvalue weighted by atomic mass is 16.6. The molecule has 1 unspecified atom stereocenters. The van der Waals surface area contributed by atoms with Gasteiger partial charge in [-0.2, -0.15) is 0 Å². The molecule has 0 radical (unpaired) electrons. The van der Waals surface area contributed by atoms with Crippen LogP contribution in [0.1, 0.15) is 24.5 Å². The van der Waals surface area contributed by atoms with Crippen molar-refractivity contribution >= 4 is 28.1 Å². The van der Waals surface area contributed by atoms with E-state index in [4.69, 9.17) is 14.1 Å². The van der Waals surface area contributed by atoms with Crippen LogP contribution in [0.5, 0.6) is 0 Å². The van der Waals surface area contributed by atoms with Gasteiger partial charge in [0, 0.05) is 18.9 Å². The molecule has 2 aromatic heterocycles. The lowest BCUT2D eigenvalue weighted by Crippen LogP contribution is -2.19. The zero-order valence-electron chi connectivity index (χ0n) is 17.3. The summed E-state index contributed by atoms with van der Waals surface area (Å²) in [6, 6.07) is 23.5. The molecule has 5 rings (SSSR count). The quantitative estimate of drug-likeness (QED) is 0.359. The maximum Gasteiger partial charge on any atom is 0.304 e. The maximum atomic E-state index is 11.8. The minimum atomic E-state index is -0.486. The lowest BCUT2D eigenvalue weighted by atomic mass is 10.1. The van der Waals surface area contributed by atoms with Gasteiger partial charge in [-0.3, -0.25) is 9.36 Å². The van der Waals surface area contributed by atoms with Gasteiger partial charge in [0.15, 0.2) is 11.8 Å². The van der Waals surface area contributed by atoms with Gasteiger partial charge in [-0.25, -0.2) is 9.97 Å². The molecule has 0 aliphatic rings. The molecule has 0 fully saturated rings. The van der Waals surface area contributed by atoms with Crippen molar-refractivity contribution in [3.8, 4) is 11.5 Å². The molecule has 0 spiro atoms. The third-order valence-corrected chi connectivity index (χ3v) is 5.25. The number of nitrogens with zero attached hydrogens (tertiary/aromatic N) is 3. The van der Waals surface area contributed by atoms with E-state index in [-0.39, 0.29) is 5.97 Å². The van der Waals surface area contributed by atoms with E-state index in [0.29, 0.717) is 12.3 Å². The van der Waals surface area contributed by atoms with E-state index in [9.17, 15) is 4.79 Å². The highest BCUT2D eigenvalue weighted by molar-refractivity contribution is 5.83. The Balaban J connectivity index is 1.56. The van der Waals surface area contributed by atoms with Crippen LogP contribution >= 0.6 is 0 Å². The maximum absolute atomic E-state index is 11.8. The van der Waals surface area contributed by atoms with Gasteiger partial charge in [-0.1, -0.05) is 42.5 Å². The van der Waals surface area contributed by atoms with Gasteiger partial charge in [0.25, 0.3) is 0 Å². The minimum absolute atomic E-state index is 0.328. The van der Waals surface area contributed by atoms with Crippen molar-refractivity contribution in [3.63, 3.8) is 0 Å². The van der Waals surface area contributed by atoms with E-state index >= 15 is 0 Å². The van der Waals surface area contributed by atoms with Crippen molar-refractivity contribution in [1.82, 2.24) is 14.5 Å². The van der Waals surface area contributed by atoms with Crippen LogP contribution in [0.4, 0.5) is 0 Å². The molecule has 6 nitrogen and oxygen atoms in total. The first-order valence-electron chi connectivity index (χ1n) is 10.1. The summed E-state index contributed by atoms with van der Waals surface area (Å²) in [6.45, 7) is 3.35. The summed E-state index contributed by atoms with van der Waals surface area (Å²) in [5.74, 6) is 0.994. The molecule has 0 saturated heterocycles. The molecule has 0 saturated carbocycles. The van der Waals surface area contributed by atoms with Gasteiger partial charge in [0.1, 0.15) is 11.3 Å². The highest BCUT2D eigenvalue weighted by Gasteiger charge is 2.21. The molecule has 6 heteroatoms. The van der Waals surface area contributed by atoms with Crippen LogP contribution in [0.15, 0.2) is 77.2 Å². The zero-order chi connectivity index (χ0) is 21.4. The Morgan fingerprint density at radius 1 is 1.00 bits per heavy atom. The smallest absolute Gasteiger partial charge is 0.304 e. The molecule has 0 N–H and O–H groups in total. The topological polar surface area (TPSA) is 70.2 Å². The Bertz CT molecular complexity index is 1350. The normalized spacial score (nSPS) is 12.3. The average Bonchev–Trinajstić information content (AvgIpc) is 3.33. The summed E-state index contributed by atoms with van der Waals surface area (Å²) in [5.41, 5.74) is 5.18. The Kier molecular flexibility index (Phi) is 4.75. The monoisotopic (exact) mass is 411 g/mol. The van der Waals surface area contributed by atoms with Crippen LogP contribution in [0, 0.1) is 6.92 Å². The van der Waals surface area contributed by atoms with Crippen LogP contribution in [0.2, 0.25) is 0 Å². The standard InChI is InChI=1S/C25H21N3O3/c1-16-26-21-15-19(25-27-20-10-6-7-11-23(20)31-25)12-13-22(21)28(16)24(30-17(2)29)14-18-8-4-3-5-9-18/h3-13,15,24H,14H2,1-2H3. The molecule has 0 aliphatic carbocycles. The van der Waals surface area contributed by atoms with Crippen molar-refractivity contribution < 1.29 is 13.9 Å². The minimum Gasteiger partial charge on any atom is -0.441 e. The van der Waals surface area contributed by atoms with Crippen LogP contribution in [0.3, 0.4) is 0 Å². The van der Waals surface area contributed by atoms with E-state index in [2.05, 4.69) is 4.98 Å². The van der Waals surface area contributed by atoms with Crippen molar-refractivity contribution in [2.75, 3.05) is 0 Å². The number of carbonyl (C=O) groups excluding carboxylic acids is 1. The summed E-state index contributed by atoms with van der Waals surface area (Å²) in [6.07, 6.45) is 0.0691. The number of aromatic nitrogens is 3. The lowest BCUT2D eigenvalue weighted by molar-refractivity contribution is -0.150. The molecule has 31 heavy (non-hydrogen) atoms. The summed E-state index contributed by atoms with van der Waals surface area (Å²) < 4.78 is 13.6. The molecular weight excluding hydrogens is 390 g/mol. The van der Waals surface area contributed by atoms with Gasteiger partial charge in [-0.15, -0.1) is 0 Å². The first kappa shape index (κ1) is 19.1. The third-order valence-electron chi connectivity index (χ3n) is 5.25. The number of esters is 1. The Labute approximate surface area is 179 Å². The van der Waals surface area contributed by atoms with Gasteiger partial charge >= 0.3 is 5.97 Å². The van der Waals surface area contributed by atoms with Crippen LogP contribution in [-0.4, -0.2) is 20.5 Å². The predicted molar refractivity (Wildman–Crippen MR) is 118 cm³/mol. The second kappa shape index (κ2) is 7.72. The highest BCUT2D eigenvalue weighted by Crippen LogP contribution is 2.30. The Hall–Kier alpha value is -3.93. The Morgan fingerprint density at radius 2 is 1.77 bits per heavy atom. The largest absolute Gasteiger partial charge is 0.441 e. The molecular formula is C25H21N3O3. The summed E-state index contributed by atoms with van der Waals surface area (Å²) in [5, 5.41) is 0. The fourth-order valence-electron chi connectivity index (χ4n) is 3.90. The number of fused-ring (bicyclic) bond motifs is 2. The third kappa shape index (κ3) is 3.68. The first-order chi connectivity index (χ1) is 15.1. The van der Waals surface area contributed by atoms with E-state index in [1.807, 2.05) is 84.3 Å². The number of ether oxygens (including phenoxy) is 1. The van der Waals surface area contributed by atoms with Crippen LogP contribution in [0.25, 0.3) is 33.6 Å². The Morgan fingerprint density at radius 3 is 2.55 bits per heavy atom. The van der Waals surface area contributed by atoms with E-state index in [0.717, 1.165) is 39.1 Å². The van der Waals surface area contributed by atoms with Gasteiger partial charge in [0.05, 0.1) is 11.0 Å². The predicted octanol–water partition coefficient (Wildman–Crippen LogP) is 5.46. The number of para-hydroxylation sites is 2. The fourth-order valence-corrected chi connectivity index (χ4v) is 3.90. The van der Waals surface area contributed by atoms with Crippen molar-refractivity contribution in [2.24, 2.45) is 0 Å². The number of aryl methyl sites for hydroxylation is 1. The second-order valence-corrected chi connectivity index (χ2v) is 7.47. The molecule has 3 aromatic carbocycles. The fraction of sp³-hybridized carbons (Fsp3) is 0.160. The van der Waals surface area contributed by atoms with Crippen molar-refractivity contribution in [2.45, 2.75) is 26.5 Å². The molecule has 154 valence electrons. The second-order valence-electron chi connectivity index (χ2n) is 7.47. The van der Waals surface area contributed by atoms with Crippen molar-refractivity contribution in [3.05, 3.63) is 84.2 Å². The van der Waals surface area contributed by atoms with E-state index in [1.165, 1.54) is 6.92 Å². The number of rotatable bonds is 5. The van der Waals surface area contributed by atoms with E-state index < -0.39 is 6.23 Å². The summed E-state index contributed by atoms with van der Waals surface area (Å²) >= 11 is 0. The average molecular weight is 411 g/mol. The lowest BCUT2D eigenvalue weighted by Gasteiger charge is -2.21. The zero-order valence-corrected chi connectivity index (χ0v) is 17.3. The van der Waals surface area contributed by atoms with Gasteiger partial charge in [0.2, 0.25) is 5.89 Å². The molecule has 2 heterocycles. The number of oxazole rings is 1. The molecule has 5 aromatic rings. The number of carbonyl (C=O) groups is 1. The van der Waals surface area contributed by atoms with Gasteiger partial charge < -0.3 is 9.15 Å². The van der Waals surface area contributed by atoms with Gasteiger partial charge in [-0.05, 0) is 42.8 Å².